The smallest absolute Gasteiger partial charge is 0.462 e. The van der Waals surface area contributed by atoms with Crippen LogP contribution in [0.1, 0.15) is 168 Å². The molecule has 0 spiro atoms. The number of carbonyl (C=O) groups excluding carboxylic acids is 2. The Hall–Kier alpha value is -2.19. The minimum absolute atomic E-state index is 0.0574. The van der Waals surface area contributed by atoms with Crippen LogP contribution in [0, 0.1) is 0 Å². The highest BCUT2D eigenvalue weighted by Crippen LogP contribution is 2.47. The average molecular weight is 859 g/mol. The normalized spacial score (nSPS) is 22.8. The molecule has 0 aromatic heterocycles. The van der Waals surface area contributed by atoms with E-state index in [9.17, 15) is 44.6 Å². The Balaban J connectivity index is 2.53. The largest absolute Gasteiger partial charge is 0.472 e. The average Bonchev–Trinajstić information content (AvgIpc) is 3.21. The molecular formula is C45H79O13P. The van der Waals surface area contributed by atoms with Crippen molar-refractivity contribution < 1.29 is 63.1 Å². The predicted molar refractivity (Wildman–Crippen MR) is 230 cm³/mol. The molecule has 13 nitrogen and oxygen atoms in total. The van der Waals surface area contributed by atoms with Gasteiger partial charge in [-0.05, 0) is 77.0 Å². The van der Waals surface area contributed by atoms with E-state index in [2.05, 4.69) is 62.5 Å². The van der Waals surface area contributed by atoms with Gasteiger partial charge < -0.3 is 39.9 Å². The van der Waals surface area contributed by atoms with Gasteiger partial charge in [-0.15, -0.1) is 0 Å². The van der Waals surface area contributed by atoms with E-state index < -0.39 is 75.7 Å². The van der Waals surface area contributed by atoms with E-state index in [0.29, 0.717) is 12.8 Å². The zero-order valence-electron chi connectivity index (χ0n) is 36.0. The Bertz CT molecular complexity index is 1220. The maximum Gasteiger partial charge on any atom is 0.472 e. The first-order chi connectivity index (χ1) is 28.4. The molecule has 8 atom stereocenters. The van der Waals surface area contributed by atoms with Crippen LogP contribution in [0.25, 0.3) is 0 Å². The number of esters is 2. The molecule has 1 aliphatic rings. The summed E-state index contributed by atoms with van der Waals surface area (Å²) in [5, 5.41) is 50.1. The molecule has 342 valence electrons. The summed E-state index contributed by atoms with van der Waals surface area (Å²) >= 11 is 0. The highest BCUT2D eigenvalue weighted by atomic mass is 31.2. The van der Waals surface area contributed by atoms with Crippen LogP contribution in [0.5, 0.6) is 0 Å². The Morgan fingerprint density at radius 3 is 1.44 bits per heavy atom. The zero-order chi connectivity index (χ0) is 43.6. The maximum atomic E-state index is 12.8. The van der Waals surface area contributed by atoms with Crippen molar-refractivity contribution in [2.24, 2.45) is 0 Å². The molecule has 0 saturated heterocycles. The number of unbranched alkanes of at least 4 members (excludes halogenated alkanes) is 16. The fourth-order valence-corrected chi connectivity index (χ4v) is 7.44. The van der Waals surface area contributed by atoms with Crippen LogP contribution in [-0.2, 0) is 32.7 Å². The summed E-state index contributed by atoms with van der Waals surface area (Å²) in [4.78, 5) is 35.6. The van der Waals surface area contributed by atoms with Gasteiger partial charge in [-0.2, -0.15) is 0 Å². The number of hydrogen-bond donors (Lipinski definition) is 6. The molecule has 0 radical (unpaired) electrons. The number of aliphatic hydroxyl groups excluding tert-OH is 5. The van der Waals surface area contributed by atoms with Gasteiger partial charge in [0.25, 0.3) is 0 Å². The minimum Gasteiger partial charge on any atom is -0.462 e. The lowest BCUT2D eigenvalue weighted by atomic mass is 9.85. The van der Waals surface area contributed by atoms with Crippen molar-refractivity contribution in [2.75, 3.05) is 13.2 Å². The summed E-state index contributed by atoms with van der Waals surface area (Å²) in [6.07, 6.45) is 27.5. The number of hydrogen-bond acceptors (Lipinski definition) is 12. The third-order valence-electron chi connectivity index (χ3n) is 10.1. The Labute approximate surface area is 354 Å². The second-order valence-corrected chi connectivity index (χ2v) is 16.9. The van der Waals surface area contributed by atoms with Gasteiger partial charge in [0.2, 0.25) is 0 Å². The standard InChI is InChI=1S/C45H79O13P/c1-3-5-7-9-11-13-15-17-19-21-23-25-27-29-31-33-38(46)55-35-37(36-56-59(53,54)58-45-43(51)41(49)40(48)42(50)44(45)52)57-39(47)34-32-30-28-26-24-22-20-18-16-14-12-10-8-6-4-2/h11,13,17,19,23-26,37,40-45,48-52H,3-10,12,14-16,18,20-22,27-36H2,1-2H3,(H,53,54)/b13-11+,19-17+,25-23+,26-24+/t37-,40?,41-,42?,43?,44?,45?/m1/s1. The highest BCUT2D eigenvalue weighted by Gasteiger charge is 2.51. The first-order valence-electron chi connectivity index (χ1n) is 22.4. The molecule has 1 rings (SSSR count). The number of rotatable bonds is 36. The molecule has 1 saturated carbocycles. The fraction of sp³-hybridized carbons (Fsp3) is 0.778. The van der Waals surface area contributed by atoms with Gasteiger partial charge >= 0.3 is 19.8 Å². The molecule has 59 heavy (non-hydrogen) atoms. The lowest BCUT2D eigenvalue weighted by Crippen LogP contribution is -2.64. The number of carbonyl (C=O) groups is 2. The summed E-state index contributed by atoms with van der Waals surface area (Å²) in [6.45, 7) is 3.21. The molecule has 14 heteroatoms. The molecule has 1 aliphatic carbocycles. The van der Waals surface area contributed by atoms with Crippen LogP contribution >= 0.6 is 7.82 Å². The van der Waals surface area contributed by atoms with Gasteiger partial charge in [0.1, 0.15) is 43.2 Å². The Morgan fingerprint density at radius 1 is 0.525 bits per heavy atom. The van der Waals surface area contributed by atoms with Gasteiger partial charge in [0.05, 0.1) is 6.61 Å². The van der Waals surface area contributed by atoms with Crippen LogP contribution in [0.15, 0.2) is 48.6 Å². The molecule has 1 fully saturated rings. The van der Waals surface area contributed by atoms with E-state index in [4.69, 9.17) is 18.5 Å². The van der Waals surface area contributed by atoms with E-state index >= 15 is 0 Å². The monoisotopic (exact) mass is 859 g/mol. The molecule has 0 bridgehead atoms. The summed E-state index contributed by atoms with van der Waals surface area (Å²) in [5.41, 5.74) is 0. The topological polar surface area (TPSA) is 210 Å². The molecule has 0 aromatic carbocycles. The van der Waals surface area contributed by atoms with Crippen LogP contribution in [0.4, 0.5) is 0 Å². The van der Waals surface area contributed by atoms with Gasteiger partial charge in [0, 0.05) is 12.8 Å². The summed E-state index contributed by atoms with van der Waals surface area (Å²) in [6, 6.07) is 0. The minimum atomic E-state index is -5.13. The predicted octanol–water partition coefficient (Wildman–Crippen LogP) is 8.39. The second kappa shape index (κ2) is 35.4. The first-order valence-corrected chi connectivity index (χ1v) is 23.9. The third-order valence-corrected chi connectivity index (χ3v) is 11.1. The van der Waals surface area contributed by atoms with E-state index in [1.165, 1.54) is 77.0 Å². The van der Waals surface area contributed by atoms with Crippen LogP contribution in [0.2, 0.25) is 0 Å². The molecular weight excluding hydrogens is 779 g/mol. The van der Waals surface area contributed by atoms with Crippen molar-refractivity contribution in [1.29, 1.82) is 0 Å². The maximum absolute atomic E-state index is 12.8. The van der Waals surface area contributed by atoms with Crippen LogP contribution < -0.4 is 0 Å². The lowest BCUT2D eigenvalue weighted by Gasteiger charge is -2.41. The van der Waals surface area contributed by atoms with Gasteiger partial charge in [-0.3, -0.25) is 18.6 Å². The second-order valence-electron chi connectivity index (χ2n) is 15.5. The fourth-order valence-electron chi connectivity index (χ4n) is 6.46. The molecule has 0 amide bonds. The van der Waals surface area contributed by atoms with Crippen molar-refractivity contribution in [2.45, 2.75) is 211 Å². The van der Waals surface area contributed by atoms with Crippen molar-refractivity contribution in [1.82, 2.24) is 0 Å². The quantitative estimate of drug-likeness (QED) is 0.0152. The van der Waals surface area contributed by atoms with E-state index in [1.54, 1.807) is 0 Å². The summed E-state index contributed by atoms with van der Waals surface area (Å²) < 4.78 is 33.4. The van der Waals surface area contributed by atoms with Crippen molar-refractivity contribution in [3.63, 3.8) is 0 Å². The number of phosphoric ester groups is 1. The number of ether oxygens (including phenoxy) is 2. The van der Waals surface area contributed by atoms with E-state index in [0.717, 1.165) is 51.4 Å². The summed E-state index contributed by atoms with van der Waals surface area (Å²) in [7, 11) is -5.13. The van der Waals surface area contributed by atoms with Crippen molar-refractivity contribution in [3.05, 3.63) is 48.6 Å². The van der Waals surface area contributed by atoms with Gasteiger partial charge in [0.15, 0.2) is 6.10 Å². The van der Waals surface area contributed by atoms with Crippen molar-refractivity contribution in [3.8, 4) is 0 Å². The van der Waals surface area contributed by atoms with Crippen LogP contribution in [0.3, 0.4) is 0 Å². The van der Waals surface area contributed by atoms with Crippen molar-refractivity contribution >= 4 is 19.8 Å². The van der Waals surface area contributed by atoms with Gasteiger partial charge in [-0.25, -0.2) is 4.57 Å². The Morgan fingerprint density at radius 2 is 0.915 bits per heavy atom. The third kappa shape index (κ3) is 28.1. The van der Waals surface area contributed by atoms with Crippen LogP contribution in [-0.4, -0.2) is 98.3 Å². The SMILES string of the molecule is CCCCC/C=C/C/C=C/C/C=C/CCCCC(=O)OC[C@H](COP(=O)(O)OC1C(O)C(O)C(O)[C@@H](O)C1O)OC(=O)CCCC/C=C/CCCCCCCCCCC. The number of allylic oxidation sites excluding steroid dienone is 8. The van der Waals surface area contributed by atoms with E-state index in [1.807, 2.05) is 0 Å². The first kappa shape index (κ1) is 54.8. The molecule has 6 unspecified atom stereocenters. The molecule has 0 aromatic rings. The number of phosphoric acid groups is 1. The Kier molecular flexibility index (Phi) is 32.9. The highest BCUT2D eigenvalue weighted by molar-refractivity contribution is 7.47. The molecule has 0 aliphatic heterocycles. The molecule has 6 N–H and O–H groups in total. The summed E-state index contributed by atoms with van der Waals surface area (Å²) in [5.74, 6) is -1.17. The molecule has 0 heterocycles. The lowest BCUT2D eigenvalue weighted by molar-refractivity contribution is -0.220. The zero-order valence-corrected chi connectivity index (χ0v) is 36.9. The van der Waals surface area contributed by atoms with Gasteiger partial charge in [-0.1, -0.05) is 127 Å². The number of aliphatic hydroxyl groups is 5. The van der Waals surface area contributed by atoms with E-state index in [-0.39, 0.29) is 12.8 Å².